The fraction of sp³-hybridized carbons (Fsp3) is 0.140. The molecule has 0 bridgehead atoms. The number of ketones is 1. The van der Waals surface area contributed by atoms with Crippen molar-refractivity contribution in [1.82, 2.24) is 29.9 Å². The van der Waals surface area contributed by atoms with E-state index in [1.807, 2.05) is 117 Å². The summed E-state index contributed by atoms with van der Waals surface area (Å²) in [6.07, 6.45) is 3.38. The van der Waals surface area contributed by atoms with E-state index in [0.29, 0.717) is 35.5 Å². The topological polar surface area (TPSA) is 235 Å². The largest absolute Gasteiger partial charge is 0.399 e. The smallest absolute Gasteiger partial charge is 0.232 e. The second-order valence-electron chi connectivity index (χ2n) is 14.8. The van der Waals surface area contributed by atoms with E-state index >= 15 is 0 Å². The molecule has 0 aliphatic carbocycles. The number of hydrogen-bond donors (Lipinski definition) is 7. The van der Waals surface area contributed by atoms with Gasteiger partial charge in [0.2, 0.25) is 27.7 Å². The zero-order valence-electron chi connectivity index (χ0n) is 37.2. The first-order chi connectivity index (χ1) is 32.2. The van der Waals surface area contributed by atoms with E-state index in [0.717, 1.165) is 58.8 Å². The highest BCUT2D eigenvalue weighted by Crippen LogP contribution is 2.21. The molecule has 0 aliphatic heterocycles. The first-order valence-electron chi connectivity index (χ1n) is 21.0. The van der Waals surface area contributed by atoms with E-state index in [4.69, 9.17) is 57.7 Å². The normalized spacial score (nSPS) is 10.2. The third-order valence-electron chi connectivity index (χ3n) is 9.54. The Morgan fingerprint density at radius 3 is 1.40 bits per heavy atom. The van der Waals surface area contributed by atoms with Crippen LogP contribution in [-0.4, -0.2) is 42.7 Å². The van der Waals surface area contributed by atoms with Crippen molar-refractivity contribution in [2.75, 3.05) is 45.9 Å². The summed E-state index contributed by atoms with van der Waals surface area (Å²) < 4.78 is 0. The highest BCUT2D eigenvalue weighted by atomic mass is 35.5. The Labute approximate surface area is 405 Å². The molecule has 0 radical (unpaired) electrons. The molecule has 2 aromatic heterocycles. The van der Waals surface area contributed by atoms with Crippen LogP contribution < -0.4 is 38.9 Å². The molecule has 2 heterocycles. The van der Waals surface area contributed by atoms with E-state index in [9.17, 15) is 4.79 Å². The highest BCUT2D eigenvalue weighted by Gasteiger charge is 2.09. The van der Waals surface area contributed by atoms with Gasteiger partial charge in [-0.05, 0) is 156 Å². The lowest BCUT2D eigenvalue weighted by atomic mass is 10.0. The van der Waals surface area contributed by atoms with Crippen LogP contribution in [0.5, 0.6) is 0 Å². The predicted molar refractivity (Wildman–Crippen MR) is 277 cm³/mol. The lowest BCUT2D eigenvalue weighted by Crippen LogP contribution is -2.06. The van der Waals surface area contributed by atoms with Crippen LogP contribution in [0.2, 0.25) is 15.9 Å². The molecule has 0 aliphatic rings. The third kappa shape index (κ3) is 18.1. The number of nitrogens with one attached hydrogen (secondary N) is 3. The maximum atomic E-state index is 12.6. The summed E-state index contributed by atoms with van der Waals surface area (Å²) in [6.45, 7) is 3.93. The van der Waals surface area contributed by atoms with Crippen molar-refractivity contribution < 1.29 is 4.79 Å². The van der Waals surface area contributed by atoms with Crippen molar-refractivity contribution in [3.05, 3.63) is 195 Å². The fourth-order valence-electron chi connectivity index (χ4n) is 6.04. The molecule has 8 rings (SSSR count). The van der Waals surface area contributed by atoms with Gasteiger partial charge in [-0.2, -0.15) is 29.9 Å². The lowest BCUT2D eigenvalue weighted by Gasteiger charge is -2.10. The molecule has 0 saturated carbocycles. The van der Waals surface area contributed by atoms with Crippen molar-refractivity contribution in [3.63, 3.8) is 0 Å². The van der Waals surface area contributed by atoms with Crippen LogP contribution in [0.25, 0.3) is 0 Å². The van der Waals surface area contributed by atoms with Gasteiger partial charge in [-0.25, -0.2) is 0 Å². The van der Waals surface area contributed by atoms with E-state index in [-0.39, 0.29) is 21.6 Å². The minimum absolute atomic E-state index is 0.000000000000000444. The Kier molecular flexibility index (Phi) is 19.5. The van der Waals surface area contributed by atoms with Gasteiger partial charge in [-0.1, -0.05) is 79.7 Å². The number of benzene rings is 6. The van der Waals surface area contributed by atoms with Crippen molar-refractivity contribution in [1.29, 1.82) is 0 Å². The predicted octanol–water partition coefficient (Wildman–Crippen LogP) is 11.0. The Bertz CT molecular complexity index is 2680. The summed E-state index contributed by atoms with van der Waals surface area (Å²) in [4.78, 5) is 36.2. The van der Waals surface area contributed by atoms with Gasteiger partial charge in [0, 0.05) is 58.8 Å². The second-order valence-corrected chi connectivity index (χ2v) is 15.8. The maximum Gasteiger partial charge on any atom is 0.232 e. The number of aryl methyl sites for hydroxylation is 4. The summed E-state index contributed by atoms with van der Waals surface area (Å²) in [5.74, 6) is 1.61. The molecule has 0 atom stereocenters. The van der Waals surface area contributed by atoms with Crippen molar-refractivity contribution >= 4 is 92.3 Å². The van der Waals surface area contributed by atoms with Gasteiger partial charge in [0.1, 0.15) is 5.82 Å². The molecular formula is C50H52Cl3N13O. The standard InChI is InChI=1S/C27H28N6O.C14H16N2.C6H8N2.C3Cl3N3/c1-4-19-8-12-21(13-9-19)25(34)16-20-10-14-22(15-11-20)31-26-29-18(2)30-27(33-26)32-24-7-5-6-23(17-24)28-3;15-13-7-3-11(4-8-13)1-2-12-5-9-14(16)10-6-12;7-5-2-1-3-6(8)4-5;4-1-7-2(5)9-3(6)8-1/h5-15,17,28H,4,16H2,1-3H3,(H2,29,30,31,32,33);3-10H,1-2,15-16H2;1-4H,7-8H2;. The van der Waals surface area contributed by atoms with E-state index in [2.05, 4.69) is 77.0 Å². The van der Waals surface area contributed by atoms with Gasteiger partial charge in [0.15, 0.2) is 5.78 Å². The average molecular weight is 957 g/mol. The SMILES string of the molecule is CCc1ccc(C(=O)Cc2ccc(Nc3nc(C)nc(Nc4cccc(NC)c4)n3)cc2)cc1.Clc1nc(Cl)nc(Cl)n1.Nc1ccc(CCc2ccc(N)cc2)cc1.Nc1cccc(N)c1. The number of carbonyl (C=O) groups is 1. The van der Waals surface area contributed by atoms with Crippen LogP contribution in [0.15, 0.2) is 146 Å². The molecule has 0 spiro atoms. The molecule has 67 heavy (non-hydrogen) atoms. The van der Waals surface area contributed by atoms with Gasteiger partial charge < -0.3 is 38.9 Å². The van der Waals surface area contributed by atoms with Gasteiger partial charge in [0.05, 0.1) is 0 Å². The average Bonchev–Trinajstić information content (AvgIpc) is 3.30. The van der Waals surface area contributed by atoms with E-state index in [1.165, 1.54) is 16.7 Å². The monoisotopic (exact) mass is 955 g/mol. The van der Waals surface area contributed by atoms with E-state index in [1.54, 1.807) is 18.2 Å². The zero-order chi connectivity index (χ0) is 48.1. The summed E-state index contributed by atoms with van der Waals surface area (Å²) in [7, 11) is 1.87. The van der Waals surface area contributed by atoms with Crippen LogP contribution >= 0.6 is 34.8 Å². The van der Waals surface area contributed by atoms with E-state index < -0.39 is 0 Å². The van der Waals surface area contributed by atoms with Crippen molar-refractivity contribution in [2.45, 2.75) is 39.5 Å². The molecule has 0 saturated heterocycles. The zero-order valence-corrected chi connectivity index (χ0v) is 39.5. The second kappa shape index (κ2) is 25.8. The summed E-state index contributed by atoms with van der Waals surface area (Å²) >= 11 is 16.0. The number of anilines is 9. The summed E-state index contributed by atoms with van der Waals surface area (Å²) in [6, 6.07) is 46.6. The molecule has 0 amide bonds. The number of halogens is 3. The number of carbonyl (C=O) groups excluding carboxylic acids is 1. The molecular weight excluding hydrogens is 905 g/mol. The molecule has 0 unspecified atom stereocenters. The first-order valence-corrected chi connectivity index (χ1v) is 22.1. The summed E-state index contributed by atoms with van der Waals surface area (Å²) in [5, 5.41) is 9.55. The van der Waals surface area contributed by atoms with Gasteiger partial charge >= 0.3 is 0 Å². The Balaban J connectivity index is 0.000000207. The third-order valence-corrected chi connectivity index (χ3v) is 10.0. The number of nitrogens with zero attached hydrogens (tertiary/aromatic N) is 6. The molecule has 14 nitrogen and oxygen atoms in total. The first kappa shape index (κ1) is 50.5. The van der Waals surface area contributed by atoms with Crippen molar-refractivity contribution in [3.8, 4) is 0 Å². The van der Waals surface area contributed by atoms with Crippen LogP contribution in [0.4, 0.5) is 51.7 Å². The molecule has 344 valence electrons. The van der Waals surface area contributed by atoms with Gasteiger partial charge in [0.25, 0.3) is 0 Å². The van der Waals surface area contributed by atoms with Crippen LogP contribution in [0, 0.1) is 6.92 Å². The Morgan fingerprint density at radius 1 is 0.493 bits per heavy atom. The number of rotatable bonds is 12. The van der Waals surface area contributed by atoms with Crippen LogP contribution in [0.1, 0.15) is 45.4 Å². The highest BCUT2D eigenvalue weighted by molar-refractivity contribution is 6.33. The molecule has 11 N–H and O–H groups in total. The summed E-state index contributed by atoms with van der Waals surface area (Å²) in [5.41, 5.74) is 33.3. The molecule has 6 aromatic carbocycles. The number of aromatic nitrogens is 6. The molecule has 0 fully saturated rings. The quantitative estimate of drug-likeness (QED) is 0.0446. The van der Waals surface area contributed by atoms with Crippen LogP contribution in [-0.2, 0) is 25.7 Å². The molecule has 8 aromatic rings. The lowest BCUT2D eigenvalue weighted by molar-refractivity contribution is 0.0993. The van der Waals surface area contributed by atoms with Gasteiger partial charge in [-0.15, -0.1) is 0 Å². The number of Topliss-reactive ketones (excluding diaryl/α,β-unsaturated/α-hetero) is 1. The fourth-order valence-corrected chi connectivity index (χ4v) is 6.65. The number of hydrogen-bond acceptors (Lipinski definition) is 14. The minimum atomic E-state index is 0.000000000000000444. The number of nitrogen functional groups attached to an aromatic ring is 4. The number of nitrogens with two attached hydrogens (primary N) is 4. The van der Waals surface area contributed by atoms with Gasteiger partial charge in [-0.3, -0.25) is 4.79 Å². The molecule has 17 heteroatoms. The van der Waals surface area contributed by atoms with Crippen molar-refractivity contribution in [2.24, 2.45) is 0 Å². The Morgan fingerprint density at radius 2 is 0.940 bits per heavy atom. The maximum absolute atomic E-state index is 12.6. The van der Waals surface area contributed by atoms with Crippen LogP contribution in [0.3, 0.4) is 0 Å². The minimum Gasteiger partial charge on any atom is -0.399 e. The Hall–Kier alpha value is -7.52.